The largest absolute Gasteiger partial charge is 0.469 e. The maximum Gasteiger partial charge on any atom is 0.305 e. The molecule has 0 saturated heterocycles. The normalized spacial score (nSPS) is 15.0. The van der Waals surface area contributed by atoms with Crippen LogP contribution in [0.15, 0.2) is 18.2 Å². The average molecular weight is 415 g/mol. The summed E-state index contributed by atoms with van der Waals surface area (Å²) in [6, 6.07) is 5.84. The van der Waals surface area contributed by atoms with Crippen molar-refractivity contribution < 1.29 is 24.0 Å². The standard InChI is InChI=1S/C21H25N3O6/c1-23(21(27)14-6-4-3-5-7-14)15-8-9-16(18(12-15)24(28)29)17(13-22)19(25)10-11-20(26)30-2/h8-9,12,14,17H,3-7,10-11H2,1-2H3. The topological polar surface area (TPSA) is 131 Å². The maximum absolute atomic E-state index is 12.7. The van der Waals surface area contributed by atoms with Gasteiger partial charge in [0, 0.05) is 25.5 Å². The second-order valence-corrected chi connectivity index (χ2v) is 7.34. The van der Waals surface area contributed by atoms with Crippen molar-refractivity contribution in [3.05, 3.63) is 33.9 Å². The quantitative estimate of drug-likeness (QED) is 0.362. The minimum Gasteiger partial charge on any atom is -0.469 e. The van der Waals surface area contributed by atoms with Crippen molar-refractivity contribution in [2.75, 3.05) is 19.1 Å². The van der Waals surface area contributed by atoms with Gasteiger partial charge in [-0.15, -0.1) is 0 Å². The van der Waals surface area contributed by atoms with Gasteiger partial charge in [-0.2, -0.15) is 5.26 Å². The Hall–Kier alpha value is -3.28. The molecule has 1 fully saturated rings. The number of anilines is 1. The number of ketones is 1. The molecule has 0 bridgehead atoms. The van der Waals surface area contributed by atoms with E-state index in [0.717, 1.165) is 32.1 Å². The van der Waals surface area contributed by atoms with Crippen molar-refractivity contribution in [3.8, 4) is 6.07 Å². The summed E-state index contributed by atoms with van der Waals surface area (Å²) in [7, 11) is 2.75. The molecule has 1 aromatic rings. The molecular formula is C21H25N3O6. The first-order chi connectivity index (χ1) is 14.3. The molecule has 0 radical (unpaired) electrons. The van der Waals surface area contributed by atoms with Crippen LogP contribution >= 0.6 is 0 Å². The number of Topliss-reactive ketones (excluding diaryl/α,β-unsaturated/α-hetero) is 1. The number of nitro benzene ring substituents is 1. The average Bonchev–Trinajstić information content (AvgIpc) is 2.77. The van der Waals surface area contributed by atoms with Crippen LogP contribution in [-0.2, 0) is 19.1 Å². The molecule has 160 valence electrons. The number of ether oxygens (including phenoxy) is 1. The third-order valence-electron chi connectivity index (χ3n) is 5.45. The summed E-state index contributed by atoms with van der Waals surface area (Å²) in [5.41, 5.74) is -0.131. The lowest BCUT2D eigenvalue weighted by molar-refractivity contribution is -0.385. The summed E-state index contributed by atoms with van der Waals surface area (Å²) in [5, 5.41) is 21.1. The number of methoxy groups -OCH3 is 1. The maximum atomic E-state index is 12.7. The molecule has 1 unspecified atom stereocenters. The van der Waals surface area contributed by atoms with E-state index in [1.165, 1.54) is 30.2 Å². The number of carbonyl (C=O) groups is 3. The van der Waals surface area contributed by atoms with Crippen LogP contribution in [0.4, 0.5) is 11.4 Å². The lowest BCUT2D eigenvalue weighted by atomic mass is 9.88. The van der Waals surface area contributed by atoms with E-state index >= 15 is 0 Å². The number of nitrogens with zero attached hydrogens (tertiary/aromatic N) is 3. The van der Waals surface area contributed by atoms with Gasteiger partial charge >= 0.3 is 5.97 Å². The number of carbonyl (C=O) groups excluding carboxylic acids is 3. The molecule has 0 aliphatic heterocycles. The van der Waals surface area contributed by atoms with Gasteiger partial charge in [-0.05, 0) is 25.0 Å². The summed E-state index contributed by atoms with van der Waals surface area (Å²) < 4.78 is 4.48. The van der Waals surface area contributed by atoms with E-state index in [4.69, 9.17) is 0 Å². The Bertz CT molecular complexity index is 870. The first-order valence-electron chi connectivity index (χ1n) is 9.85. The highest BCUT2D eigenvalue weighted by molar-refractivity contribution is 5.96. The SMILES string of the molecule is COC(=O)CCC(=O)C(C#N)c1ccc(N(C)C(=O)C2CCCCC2)cc1[N+](=O)[O-]. The Morgan fingerprint density at radius 1 is 1.27 bits per heavy atom. The molecule has 0 spiro atoms. The minimum atomic E-state index is -1.39. The Morgan fingerprint density at radius 2 is 1.93 bits per heavy atom. The summed E-state index contributed by atoms with van der Waals surface area (Å²) in [6.07, 6.45) is 4.21. The Labute approximate surface area is 174 Å². The third-order valence-corrected chi connectivity index (χ3v) is 5.45. The fourth-order valence-corrected chi connectivity index (χ4v) is 3.68. The van der Waals surface area contributed by atoms with Gasteiger partial charge in [0.05, 0.1) is 35.8 Å². The number of esters is 1. The second-order valence-electron chi connectivity index (χ2n) is 7.34. The second kappa shape index (κ2) is 10.5. The molecule has 9 nitrogen and oxygen atoms in total. The number of nitriles is 1. The Morgan fingerprint density at radius 3 is 2.50 bits per heavy atom. The molecule has 0 heterocycles. The van der Waals surface area contributed by atoms with E-state index in [-0.39, 0.29) is 30.2 Å². The molecule has 30 heavy (non-hydrogen) atoms. The van der Waals surface area contributed by atoms with Gasteiger partial charge in [-0.25, -0.2) is 0 Å². The van der Waals surface area contributed by atoms with E-state index in [0.29, 0.717) is 5.69 Å². The first kappa shape index (κ1) is 23.0. The Kier molecular flexibility index (Phi) is 8.04. The molecular weight excluding hydrogens is 390 g/mol. The number of hydrogen-bond donors (Lipinski definition) is 0. The summed E-state index contributed by atoms with van der Waals surface area (Å²) in [6.45, 7) is 0. The number of benzene rings is 1. The van der Waals surface area contributed by atoms with E-state index in [2.05, 4.69) is 4.74 Å². The monoisotopic (exact) mass is 415 g/mol. The highest BCUT2D eigenvalue weighted by Gasteiger charge is 2.30. The van der Waals surface area contributed by atoms with Crippen molar-refractivity contribution in [1.82, 2.24) is 0 Å². The van der Waals surface area contributed by atoms with Crippen molar-refractivity contribution in [3.63, 3.8) is 0 Å². The van der Waals surface area contributed by atoms with Crippen LogP contribution in [0.25, 0.3) is 0 Å². The number of hydrogen-bond acceptors (Lipinski definition) is 7. The van der Waals surface area contributed by atoms with Gasteiger partial charge in [0.25, 0.3) is 5.69 Å². The van der Waals surface area contributed by atoms with Crippen molar-refractivity contribution >= 4 is 29.0 Å². The van der Waals surface area contributed by atoms with Crippen LogP contribution in [0.3, 0.4) is 0 Å². The highest BCUT2D eigenvalue weighted by atomic mass is 16.6. The zero-order valence-electron chi connectivity index (χ0n) is 17.1. The predicted molar refractivity (Wildman–Crippen MR) is 108 cm³/mol. The molecule has 1 aliphatic carbocycles. The molecule has 0 N–H and O–H groups in total. The number of rotatable bonds is 8. The van der Waals surface area contributed by atoms with E-state index in [9.17, 15) is 29.8 Å². The molecule has 1 aliphatic rings. The van der Waals surface area contributed by atoms with Crippen molar-refractivity contribution in [1.29, 1.82) is 5.26 Å². The fourth-order valence-electron chi connectivity index (χ4n) is 3.68. The van der Waals surface area contributed by atoms with Crippen LogP contribution in [-0.4, -0.2) is 36.7 Å². The van der Waals surface area contributed by atoms with E-state index in [1.54, 1.807) is 13.1 Å². The van der Waals surface area contributed by atoms with Gasteiger partial charge in [0.15, 0.2) is 5.78 Å². The van der Waals surface area contributed by atoms with Gasteiger partial charge in [0.2, 0.25) is 5.91 Å². The van der Waals surface area contributed by atoms with E-state index < -0.39 is 28.3 Å². The minimum absolute atomic E-state index is 0.0559. The smallest absolute Gasteiger partial charge is 0.305 e. The van der Waals surface area contributed by atoms with Crippen LogP contribution in [0.5, 0.6) is 0 Å². The van der Waals surface area contributed by atoms with Crippen molar-refractivity contribution in [2.45, 2.75) is 50.9 Å². The molecule has 1 aromatic carbocycles. The van der Waals surface area contributed by atoms with Crippen molar-refractivity contribution in [2.24, 2.45) is 5.92 Å². The van der Waals surface area contributed by atoms with Gasteiger partial charge in [0.1, 0.15) is 5.92 Å². The Balaban J connectivity index is 2.28. The zero-order valence-corrected chi connectivity index (χ0v) is 17.1. The first-order valence-corrected chi connectivity index (χ1v) is 9.85. The lowest BCUT2D eigenvalue weighted by Crippen LogP contribution is -2.34. The van der Waals surface area contributed by atoms with Crippen LogP contribution in [0.2, 0.25) is 0 Å². The predicted octanol–water partition coefficient (Wildman–Crippen LogP) is 3.27. The highest BCUT2D eigenvalue weighted by Crippen LogP contribution is 2.33. The molecule has 1 amide bonds. The summed E-state index contributed by atoms with van der Waals surface area (Å²) in [4.78, 5) is 48.7. The number of nitro groups is 1. The lowest BCUT2D eigenvalue weighted by Gasteiger charge is -2.26. The van der Waals surface area contributed by atoms with Crippen LogP contribution in [0, 0.1) is 27.4 Å². The number of amides is 1. The zero-order chi connectivity index (χ0) is 22.3. The summed E-state index contributed by atoms with van der Waals surface area (Å²) in [5.74, 6) is -2.79. The molecule has 0 aromatic heterocycles. The fraction of sp³-hybridized carbons (Fsp3) is 0.524. The molecule has 1 atom stereocenters. The van der Waals surface area contributed by atoms with Gasteiger partial charge in [-0.1, -0.05) is 19.3 Å². The third kappa shape index (κ3) is 5.41. The van der Waals surface area contributed by atoms with Gasteiger partial charge in [-0.3, -0.25) is 24.5 Å². The van der Waals surface area contributed by atoms with Crippen LogP contribution < -0.4 is 4.90 Å². The molecule has 2 rings (SSSR count). The van der Waals surface area contributed by atoms with Crippen LogP contribution in [0.1, 0.15) is 56.4 Å². The molecule has 1 saturated carbocycles. The molecule has 9 heteroatoms. The van der Waals surface area contributed by atoms with Gasteiger partial charge < -0.3 is 9.64 Å². The van der Waals surface area contributed by atoms with E-state index in [1.807, 2.05) is 0 Å². The summed E-state index contributed by atoms with van der Waals surface area (Å²) >= 11 is 0.